The Kier molecular flexibility index (Phi) is 8.51. The molecular weight excluding hydrogens is 552 g/mol. The van der Waals surface area contributed by atoms with Gasteiger partial charge in [-0.15, -0.1) is 0 Å². The molecule has 11 heteroatoms. The van der Waals surface area contributed by atoms with Crippen molar-refractivity contribution in [2.75, 3.05) is 6.26 Å². The number of sulfonamides is 1. The summed E-state index contributed by atoms with van der Waals surface area (Å²) in [4.78, 5) is 39.6. The van der Waals surface area contributed by atoms with E-state index in [0.717, 1.165) is 19.1 Å². The van der Waals surface area contributed by atoms with Crippen molar-refractivity contribution in [2.24, 2.45) is 0 Å². The smallest absolute Gasteiger partial charge is 0.255 e. The van der Waals surface area contributed by atoms with Gasteiger partial charge in [-0.1, -0.05) is 60.8 Å². The van der Waals surface area contributed by atoms with E-state index in [0.29, 0.717) is 40.2 Å². The number of aromatic nitrogens is 1. The molecule has 4 atom stereocenters. The molecule has 0 bridgehead atoms. The first-order valence-electron chi connectivity index (χ1n) is 13.2. The number of amides is 2. The van der Waals surface area contributed by atoms with Gasteiger partial charge in [-0.3, -0.25) is 19.4 Å². The molecule has 0 spiro atoms. The van der Waals surface area contributed by atoms with E-state index < -0.39 is 40.0 Å². The van der Waals surface area contributed by atoms with E-state index in [-0.39, 0.29) is 12.5 Å². The van der Waals surface area contributed by atoms with E-state index in [1.165, 1.54) is 0 Å². The summed E-state index contributed by atoms with van der Waals surface area (Å²) in [6.07, 6.45) is 5.60. The van der Waals surface area contributed by atoms with Gasteiger partial charge in [0.2, 0.25) is 10.0 Å². The predicted octanol–water partition coefficient (Wildman–Crippen LogP) is 4.12. The van der Waals surface area contributed by atoms with Gasteiger partial charge >= 0.3 is 0 Å². The maximum atomic E-state index is 14.2. The minimum absolute atomic E-state index is 0.0676. The van der Waals surface area contributed by atoms with Gasteiger partial charge in [-0.25, -0.2) is 18.6 Å². The number of pyridine rings is 1. The normalized spacial score (nSPS) is 22.9. The Balaban J connectivity index is 1.57. The second-order valence-corrected chi connectivity index (χ2v) is 12.4. The summed E-state index contributed by atoms with van der Waals surface area (Å²) >= 11 is 6.20. The fourth-order valence-electron chi connectivity index (χ4n) is 5.80. The highest BCUT2D eigenvalue weighted by molar-refractivity contribution is 7.88. The van der Waals surface area contributed by atoms with Crippen molar-refractivity contribution >= 4 is 33.4 Å². The van der Waals surface area contributed by atoms with Gasteiger partial charge in [0, 0.05) is 28.9 Å². The Bertz CT molecular complexity index is 1470. The largest absolute Gasteiger partial charge is 0.326 e. The Morgan fingerprint density at radius 1 is 1.05 bits per heavy atom. The molecule has 2 heterocycles. The minimum Gasteiger partial charge on any atom is -0.326 e. The van der Waals surface area contributed by atoms with Crippen molar-refractivity contribution in [3.63, 3.8) is 0 Å². The van der Waals surface area contributed by atoms with Crippen LogP contribution in [0, 0.1) is 0 Å². The van der Waals surface area contributed by atoms with E-state index in [9.17, 15) is 18.0 Å². The van der Waals surface area contributed by atoms with Gasteiger partial charge in [0.15, 0.2) is 0 Å². The van der Waals surface area contributed by atoms with Crippen LogP contribution in [0.4, 0.5) is 0 Å². The molecule has 1 aliphatic heterocycles. The third-order valence-electron chi connectivity index (χ3n) is 7.44. The second kappa shape index (κ2) is 12.1. The maximum Gasteiger partial charge on any atom is 0.255 e. The molecule has 2 aromatic carbocycles. The van der Waals surface area contributed by atoms with E-state index in [1.54, 1.807) is 71.8 Å². The zero-order chi connectivity index (χ0) is 28.3. The van der Waals surface area contributed by atoms with Gasteiger partial charge < -0.3 is 4.90 Å². The second-order valence-electron chi connectivity index (χ2n) is 10.2. The molecule has 40 heavy (non-hydrogen) atoms. The molecular formula is C29H31ClN4O5S. The van der Waals surface area contributed by atoms with Crippen molar-refractivity contribution in [2.45, 2.75) is 56.3 Å². The highest BCUT2D eigenvalue weighted by Gasteiger charge is 2.49. The van der Waals surface area contributed by atoms with Gasteiger partial charge in [0.05, 0.1) is 23.9 Å². The Morgan fingerprint density at radius 3 is 2.50 bits per heavy atom. The van der Waals surface area contributed by atoms with Gasteiger partial charge in [-0.05, 0) is 54.3 Å². The number of carbonyl (C=O) groups excluding carboxylic acids is 2. The third kappa shape index (κ3) is 6.20. The summed E-state index contributed by atoms with van der Waals surface area (Å²) in [5.74, 6) is -1.51. The first-order valence-corrected chi connectivity index (χ1v) is 15.5. The average molecular weight is 583 g/mol. The molecule has 1 saturated carbocycles. The Labute approximate surface area is 238 Å². The Morgan fingerprint density at radius 2 is 1.77 bits per heavy atom. The zero-order valence-corrected chi connectivity index (χ0v) is 23.6. The fourth-order valence-corrected chi connectivity index (χ4v) is 6.75. The number of nitrogens with zero attached hydrogens (tertiary/aromatic N) is 2. The van der Waals surface area contributed by atoms with Crippen LogP contribution in [-0.2, 0) is 26.3 Å². The number of benzene rings is 2. The highest BCUT2D eigenvalue weighted by atomic mass is 35.5. The predicted molar refractivity (Wildman–Crippen MR) is 151 cm³/mol. The van der Waals surface area contributed by atoms with E-state index >= 15 is 0 Å². The number of hydroxylamine groups is 1. The van der Waals surface area contributed by atoms with Crippen LogP contribution in [0.1, 0.15) is 64.8 Å². The fraction of sp³-hybridized carbons (Fsp3) is 0.345. The lowest BCUT2D eigenvalue weighted by Gasteiger charge is -2.49. The van der Waals surface area contributed by atoms with Gasteiger partial charge in [0.1, 0.15) is 6.61 Å². The molecule has 9 nitrogen and oxygen atoms in total. The number of hydrogen-bond acceptors (Lipinski definition) is 6. The number of rotatable bonds is 8. The number of carbonyl (C=O) groups is 2. The van der Waals surface area contributed by atoms with Crippen LogP contribution in [0.5, 0.6) is 0 Å². The van der Waals surface area contributed by atoms with Crippen LogP contribution >= 0.6 is 11.6 Å². The van der Waals surface area contributed by atoms with Crippen molar-refractivity contribution in [1.82, 2.24) is 20.1 Å². The van der Waals surface area contributed by atoms with Gasteiger partial charge in [-0.2, -0.15) is 0 Å². The number of hydrogen-bond donors (Lipinski definition) is 2. The summed E-state index contributed by atoms with van der Waals surface area (Å²) in [6, 6.07) is 17.8. The van der Waals surface area contributed by atoms with Crippen molar-refractivity contribution in [3.8, 4) is 0 Å². The number of fused-ring (bicyclic) bond motifs is 1. The molecule has 0 radical (unpaired) electrons. The highest BCUT2D eigenvalue weighted by Crippen LogP contribution is 2.46. The SMILES string of the molecule is CS(=O)(=O)N[C@@H]1CCCC[C@H]1N1C(=O)c2ccccc2[C@@H](C(=O)NOCc2ccccn2)[C@@H]1c1ccc(Cl)cc1. The van der Waals surface area contributed by atoms with E-state index in [4.69, 9.17) is 16.4 Å². The lowest BCUT2D eigenvalue weighted by Crippen LogP contribution is -2.59. The quantitative estimate of drug-likeness (QED) is 0.386. The lowest BCUT2D eigenvalue weighted by molar-refractivity contribution is -0.138. The minimum atomic E-state index is -3.54. The molecule has 210 valence electrons. The molecule has 0 unspecified atom stereocenters. The van der Waals surface area contributed by atoms with Crippen LogP contribution < -0.4 is 10.2 Å². The molecule has 5 rings (SSSR count). The number of halogens is 1. The summed E-state index contributed by atoms with van der Waals surface area (Å²) < 4.78 is 27.3. The lowest BCUT2D eigenvalue weighted by atomic mass is 9.76. The third-order valence-corrected chi connectivity index (χ3v) is 8.42. The molecule has 1 aliphatic carbocycles. The average Bonchev–Trinajstić information content (AvgIpc) is 2.94. The molecule has 2 N–H and O–H groups in total. The van der Waals surface area contributed by atoms with Crippen LogP contribution in [0.25, 0.3) is 0 Å². The Hall–Kier alpha value is -3.31. The molecule has 1 fully saturated rings. The topological polar surface area (TPSA) is 118 Å². The monoisotopic (exact) mass is 582 g/mol. The summed E-state index contributed by atoms with van der Waals surface area (Å²) in [7, 11) is -3.54. The first-order chi connectivity index (χ1) is 19.2. The first kappa shape index (κ1) is 28.2. The maximum absolute atomic E-state index is 14.2. The number of nitrogens with one attached hydrogen (secondary N) is 2. The van der Waals surface area contributed by atoms with Crippen molar-refractivity contribution in [3.05, 3.63) is 100 Å². The van der Waals surface area contributed by atoms with Gasteiger partial charge in [0.25, 0.3) is 11.8 Å². The van der Waals surface area contributed by atoms with Crippen LogP contribution in [0.15, 0.2) is 72.9 Å². The molecule has 3 aromatic rings. The van der Waals surface area contributed by atoms with Crippen LogP contribution in [-0.4, -0.2) is 48.5 Å². The van der Waals surface area contributed by atoms with Crippen molar-refractivity contribution < 1.29 is 22.8 Å². The summed E-state index contributed by atoms with van der Waals surface area (Å²) in [5.41, 5.74) is 4.92. The molecule has 1 aromatic heterocycles. The molecule has 2 amide bonds. The van der Waals surface area contributed by atoms with Crippen molar-refractivity contribution in [1.29, 1.82) is 0 Å². The molecule has 2 aliphatic rings. The molecule has 0 saturated heterocycles. The standard InChI is InChI=1S/C29H31ClN4O5S/c1-40(37,38)33-24-11-4-5-12-25(24)34-27(19-13-15-20(30)16-14-19)26(22-9-2-3-10-23(22)29(34)36)28(35)32-39-18-21-8-6-7-17-31-21/h2-3,6-10,13-17,24-27,33H,4-5,11-12,18H2,1H3,(H,32,35)/t24-,25-,26-,27+/m1/s1. The summed E-state index contributed by atoms with van der Waals surface area (Å²) in [6.45, 7) is 0.0676. The van der Waals surface area contributed by atoms with E-state index in [2.05, 4.69) is 15.2 Å². The summed E-state index contributed by atoms with van der Waals surface area (Å²) in [5, 5.41) is 0.520. The zero-order valence-electron chi connectivity index (χ0n) is 22.0. The van der Waals surface area contributed by atoms with Crippen LogP contribution in [0.3, 0.4) is 0 Å². The van der Waals surface area contributed by atoms with E-state index in [1.807, 2.05) is 6.07 Å². The van der Waals surface area contributed by atoms with Crippen LogP contribution in [0.2, 0.25) is 5.02 Å².